The van der Waals surface area contributed by atoms with Crippen LogP contribution in [-0.4, -0.2) is 20.0 Å². The standard InChI is InChI=1S/C12H13N3O/c1-14(8-13)10-4-5-11-9(7-10)3-6-12(16)15(11)2/h4-5,7H,3,6H2,1-2H3. The molecule has 16 heavy (non-hydrogen) atoms. The van der Waals surface area contributed by atoms with Crippen LogP contribution in [-0.2, 0) is 11.2 Å². The third kappa shape index (κ3) is 1.61. The molecule has 0 fully saturated rings. The molecule has 1 amide bonds. The van der Waals surface area contributed by atoms with Crippen LogP contribution in [0.4, 0.5) is 11.4 Å². The van der Waals surface area contributed by atoms with Crippen molar-refractivity contribution in [2.45, 2.75) is 12.8 Å². The number of benzene rings is 1. The number of nitriles is 1. The maximum atomic E-state index is 11.5. The average Bonchev–Trinajstić information content (AvgIpc) is 2.32. The highest BCUT2D eigenvalue weighted by Crippen LogP contribution is 2.29. The maximum Gasteiger partial charge on any atom is 0.227 e. The second-order valence-corrected chi connectivity index (χ2v) is 3.92. The van der Waals surface area contributed by atoms with Gasteiger partial charge in [-0.05, 0) is 30.2 Å². The van der Waals surface area contributed by atoms with Gasteiger partial charge in [0.2, 0.25) is 5.91 Å². The van der Waals surface area contributed by atoms with Gasteiger partial charge in [0.1, 0.15) is 0 Å². The minimum Gasteiger partial charge on any atom is -0.315 e. The van der Waals surface area contributed by atoms with Crippen molar-refractivity contribution in [3.63, 3.8) is 0 Å². The van der Waals surface area contributed by atoms with Crippen molar-refractivity contribution in [1.29, 1.82) is 5.26 Å². The van der Waals surface area contributed by atoms with Gasteiger partial charge < -0.3 is 4.90 Å². The van der Waals surface area contributed by atoms with Crippen molar-refractivity contribution in [3.8, 4) is 6.19 Å². The Balaban J connectivity index is 2.41. The molecule has 0 radical (unpaired) electrons. The molecule has 0 atom stereocenters. The number of fused-ring (bicyclic) bond motifs is 1. The van der Waals surface area contributed by atoms with Gasteiger partial charge in [-0.2, -0.15) is 5.26 Å². The molecule has 0 unspecified atom stereocenters. The van der Waals surface area contributed by atoms with E-state index in [2.05, 4.69) is 6.19 Å². The molecule has 1 aliphatic heterocycles. The second kappa shape index (κ2) is 3.86. The molecule has 0 saturated heterocycles. The molecule has 0 aromatic heterocycles. The van der Waals surface area contributed by atoms with Crippen molar-refractivity contribution < 1.29 is 4.79 Å². The molecule has 1 aliphatic rings. The smallest absolute Gasteiger partial charge is 0.227 e. The number of carbonyl (C=O) groups excluding carboxylic acids is 1. The Morgan fingerprint density at radius 3 is 2.88 bits per heavy atom. The summed E-state index contributed by atoms with van der Waals surface area (Å²) in [6.07, 6.45) is 3.36. The minimum absolute atomic E-state index is 0.147. The Bertz CT molecular complexity index is 476. The van der Waals surface area contributed by atoms with E-state index in [1.54, 1.807) is 19.0 Å². The van der Waals surface area contributed by atoms with Crippen LogP contribution in [0.3, 0.4) is 0 Å². The van der Waals surface area contributed by atoms with Gasteiger partial charge in [-0.1, -0.05) is 0 Å². The van der Waals surface area contributed by atoms with Crippen LogP contribution in [0, 0.1) is 11.5 Å². The normalized spacial score (nSPS) is 14.3. The Kier molecular flexibility index (Phi) is 2.53. The number of amides is 1. The molecular formula is C12H13N3O. The molecule has 82 valence electrons. The zero-order chi connectivity index (χ0) is 11.7. The van der Waals surface area contributed by atoms with E-state index in [0.717, 1.165) is 23.4 Å². The topological polar surface area (TPSA) is 47.3 Å². The van der Waals surface area contributed by atoms with E-state index in [1.165, 1.54) is 4.90 Å². The van der Waals surface area contributed by atoms with E-state index < -0.39 is 0 Å². The van der Waals surface area contributed by atoms with Crippen molar-refractivity contribution >= 4 is 17.3 Å². The highest BCUT2D eigenvalue weighted by Gasteiger charge is 2.21. The third-order valence-electron chi connectivity index (χ3n) is 2.94. The van der Waals surface area contributed by atoms with Crippen molar-refractivity contribution in [2.24, 2.45) is 0 Å². The lowest BCUT2D eigenvalue weighted by molar-refractivity contribution is -0.118. The number of nitrogens with zero attached hydrogens (tertiary/aromatic N) is 3. The van der Waals surface area contributed by atoms with Crippen LogP contribution < -0.4 is 9.80 Å². The Morgan fingerprint density at radius 1 is 1.44 bits per heavy atom. The Hall–Kier alpha value is -2.02. The first-order valence-electron chi connectivity index (χ1n) is 5.16. The van der Waals surface area contributed by atoms with Gasteiger partial charge in [0.05, 0.1) is 5.69 Å². The molecule has 4 nitrogen and oxygen atoms in total. The molecule has 0 spiro atoms. The summed E-state index contributed by atoms with van der Waals surface area (Å²) in [5, 5.41) is 8.80. The minimum atomic E-state index is 0.147. The van der Waals surface area contributed by atoms with Crippen LogP contribution >= 0.6 is 0 Å². The fraction of sp³-hybridized carbons (Fsp3) is 0.333. The number of aryl methyl sites for hydroxylation is 1. The summed E-state index contributed by atoms with van der Waals surface area (Å²) in [5.74, 6) is 0.147. The summed E-state index contributed by atoms with van der Waals surface area (Å²) in [7, 11) is 3.51. The van der Waals surface area contributed by atoms with E-state index in [1.807, 2.05) is 18.2 Å². The van der Waals surface area contributed by atoms with Crippen LogP contribution in [0.2, 0.25) is 0 Å². The molecule has 0 aliphatic carbocycles. The summed E-state index contributed by atoms with van der Waals surface area (Å²) >= 11 is 0. The molecule has 1 aromatic carbocycles. The summed E-state index contributed by atoms with van der Waals surface area (Å²) in [6, 6.07) is 5.73. The molecule has 2 rings (SSSR count). The van der Waals surface area contributed by atoms with Crippen molar-refractivity contribution in [2.75, 3.05) is 23.9 Å². The van der Waals surface area contributed by atoms with E-state index in [4.69, 9.17) is 5.26 Å². The molecular weight excluding hydrogens is 202 g/mol. The fourth-order valence-corrected chi connectivity index (χ4v) is 1.91. The largest absolute Gasteiger partial charge is 0.315 e. The van der Waals surface area contributed by atoms with Crippen LogP contribution in [0.5, 0.6) is 0 Å². The van der Waals surface area contributed by atoms with Gasteiger partial charge in [-0.15, -0.1) is 0 Å². The third-order valence-corrected chi connectivity index (χ3v) is 2.94. The molecule has 0 bridgehead atoms. The van der Waals surface area contributed by atoms with E-state index in [9.17, 15) is 4.79 Å². The van der Waals surface area contributed by atoms with Gasteiger partial charge in [0, 0.05) is 26.2 Å². The molecule has 1 heterocycles. The number of anilines is 2. The molecule has 0 saturated carbocycles. The average molecular weight is 215 g/mol. The SMILES string of the molecule is CN(C#N)c1ccc2c(c1)CCC(=O)N2C. The zero-order valence-electron chi connectivity index (χ0n) is 9.40. The number of carbonyl (C=O) groups is 1. The quantitative estimate of drug-likeness (QED) is 0.527. The summed E-state index contributed by atoms with van der Waals surface area (Å²) in [6.45, 7) is 0. The van der Waals surface area contributed by atoms with Crippen LogP contribution in [0.1, 0.15) is 12.0 Å². The predicted molar refractivity (Wildman–Crippen MR) is 62.2 cm³/mol. The predicted octanol–water partition coefficient (Wildman–Crippen LogP) is 1.51. The lowest BCUT2D eigenvalue weighted by Crippen LogP contribution is -2.31. The second-order valence-electron chi connectivity index (χ2n) is 3.92. The first-order valence-corrected chi connectivity index (χ1v) is 5.16. The zero-order valence-corrected chi connectivity index (χ0v) is 9.40. The van der Waals surface area contributed by atoms with E-state index in [-0.39, 0.29) is 5.91 Å². The van der Waals surface area contributed by atoms with Crippen LogP contribution in [0.15, 0.2) is 18.2 Å². The first-order chi connectivity index (χ1) is 7.63. The monoisotopic (exact) mass is 215 g/mol. The summed E-state index contributed by atoms with van der Waals surface area (Å²) in [4.78, 5) is 14.7. The lowest BCUT2D eigenvalue weighted by atomic mass is 10.0. The van der Waals surface area contributed by atoms with Crippen molar-refractivity contribution in [1.82, 2.24) is 0 Å². The molecule has 1 aromatic rings. The maximum absolute atomic E-state index is 11.5. The number of hydrogen-bond donors (Lipinski definition) is 0. The van der Waals surface area contributed by atoms with E-state index in [0.29, 0.717) is 6.42 Å². The van der Waals surface area contributed by atoms with Gasteiger partial charge in [-0.25, -0.2) is 0 Å². The van der Waals surface area contributed by atoms with E-state index >= 15 is 0 Å². The number of hydrogen-bond acceptors (Lipinski definition) is 3. The first kappa shape index (κ1) is 10.5. The Labute approximate surface area is 94.7 Å². The summed E-state index contributed by atoms with van der Waals surface area (Å²) in [5.41, 5.74) is 2.94. The van der Waals surface area contributed by atoms with Crippen LogP contribution in [0.25, 0.3) is 0 Å². The highest BCUT2D eigenvalue weighted by molar-refractivity contribution is 5.96. The lowest BCUT2D eigenvalue weighted by Gasteiger charge is -2.26. The summed E-state index contributed by atoms with van der Waals surface area (Å²) < 4.78 is 0. The van der Waals surface area contributed by atoms with Gasteiger partial charge >= 0.3 is 0 Å². The Morgan fingerprint density at radius 2 is 2.19 bits per heavy atom. The number of rotatable bonds is 1. The van der Waals surface area contributed by atoms with Gasteiger partial charge in [0.15, 0.2) is 6.19 Å². The van der Waals surface area contributed by atoms with Crippen molar-refractivity contribution in [3.05, 3.63) is 23.8 Å². The fourth-order valence-electron chi connectivity index (χ4n) is 1.91. The molecule has 4 heteroatoms. The molecule has 0 N–H and O–H groups in total. The highest BCUT2D eigenvalue weighted by atomic mass is 16.2. The van der Waals surface area contributed by atoms with Gasteiger partial charge in [-0.3, -0.25) is 9.69 Å². The van der Waals surface area contributed by atoms with Gasteiger partial charge in [0.25, 0.3) is 0 Å².